The van der Waals surface area contributed by atoms with Crippen molar-refractivity contribution in [2.75, 3.05) is 20.1 Å². The summed E-state index contributed by atoms with van der Waals surface area (Å²) in [6.07, 6.45) is 0.521. The van der Waals surface area contributed by atoms with E-state index in [1.165, 1.54) is 24.3 Å². The predicted octanol–water partition coefficient (Wildman–Crippen LogP) is 1.40. The number of hydrogen-bond acceptors (Lipinski definition) is 4. The van der Waals surface area contributed by atoms with Crippen LogP contribution >= 0.6 is 0 Å². The maximum atomic E-state index is 13.6. The zero-order valence-electron chi connectivity index (χ0n) is 14.8. The summed E-state index contributed by atoms with van der Waals surface area (Å²) in [7, 11) is -2.06. The van der Waals surface area contributed by atoms with Crippen LogP contribution in [0.4, 0.5) is 8.78 Å². The summed E-state index contributed by atoms with van der Waals surface area (Å²) in [5.41, 5.74) is 1.16. The summed E-state index contributed by atoms with van der Waals surface area (Å²) in [4.78, 5) is 13.6. The van der Waals surface area contributed by atoms with Gasteiger partial charge in [0, 0.05) is 24.7 Å². The second-order valence-corrected chi connectivity index (χ2v) is 7.76. The van der Waals surface area contributed by atoms with Gasteiger partial charge in [0.05, 0.1) is 11.4 Å². The molecule has 0 aliphatic heterocycles. The molecule has 0 radical (unpaired) electrons. The summed E-state index contributed by atoms with van der Waals surface area (Å²) in [5, 5.41) is 7.77. The molecule has 2 rings (SSSR count). The number of rotatable bonds is 8. The van der Waals surface area contributed by atoms with E-state index in [2.05, 4.69) is 5.32 Å². The normalized spacial score (nSPS) is 11.6. The Kier molecular flexibility index (Phi) is 7.00. The Morgan fingerprint density at radius 1 is 1.15 bits per heavy atom. The lowest BCUT2D eigenvalue weighted by atomic mass is 10.1. The van der Waals surface area contributed by atoms with Crippen molar-refractivity contribution < 1.29 is 22.0 Å². The highest BCUT2D eigenvalue weighted by Crippen LogP contribution is 2.11. The third-order valence-corrected chi connectivity index (χ3v) is 4.79. The van der Waals surface area contributed by atoms with Crippen LogP contribution in [0, 0.1) is 11.6 Å². The van der Waals surface area contributed by atoms with Gasteiger partial charge in [-0.05, 0) is 37.2 Å². The highest BCUT2D eigenvalue weighted by Gasteiger charge is 2.11. The molecular formula is C18H21F2N3O3S. The average Bonchev–Trinajstić information content (AvgIpc) is 2.57. The summed E-state index contributed by atoms with van der Waals surface area (Å²) in [5.74, 6) is -1.53. The van der Waals surface area contributed by atoms with Crippen molar-refractivity contribution in [3.63, 3.8) is 0 Å². The van der Waals surface area contributed by atoms with Gasteiger partial charge in [0.2, 0.25) is 15.9 Å². The predicted molar refractivity (Wildman–Crippen MR) is 97.2 cm³/mol. The first-order chi connectivity index (χ1) is 12.6. The number of likely N-dealkylation sites (N-methyl/N-ethyl adjacent to an activating group) is 1. The number of carbonyl (C=O) groups excluding carboxylic acids is 1. The monoisotopic (exact) mass is 397 g/mol. The van der Waals surface area contributed by atoms with Crippen LogP contribution < -0.4 is 10.5 Å². The zero-order valence-corrected chi connectivity index (χ0v) is 15.6. The molecule has 0 heterocycles. The van der Waals surface area contributed by atoms with Crippen LogP contribution in [-0.2, 0) is 27.8 Å². The quantitative estimate of drug-likeness (QED) is 0.704. The molecule has 146 valence electrons. The Morgan fingerprint density at radius 2 is 1.81 bits per heavy atom. The minimum absolute atomic E-state index is 0.0323. The van der Waals surface area contributed by atoms with Crippen molar-refractivity contribution in [3.05, 3.63) is 65.2 Å². The van der Waals surface area contributed by atoms with Crippen molar-refractivity contribution in [2.45, 2.75) is 17.9 Å². The molecule has 0 saturated carbocycles. The first-order valence-corrected chi connectivity index (χ1v) is 9.70. The van der Waals surface area contributed by atoms with Crippen molar-refractivity contribution in [1.29, 1.82) is 0 Å². The molecule has 0 aliphatic carbocycles. The minimum atomic E-state index is -3.72. The SMILES string of the molecule is CN(CC(=O)NCCc1ccc(S(N)(=O)=O)cc1)Cc1ccc(F)cc1F. The fourth-order valence-electron chi connectivity index (χ4n) is 2.49. The van der Waals surface area contributed by atoms with Crippen molar-refractivity contribution >= 4 is 15.9 Å². The van der Waals surface area contributed by atoms with Crippen molar-refractivity contribution in [3.8, 4) is 0 Å². The number of halogens is 2. The van der Waals surface area contributed by atoms with Gasteiger partial charge in [-0.15, -0.1) is 0 Å². The number of benzene rings is 2. The number of hydrogen-bond donors (Lipinski definition) is 2. The third kappa shape index (κ3) is 6.70. The summed E-state index contributed by atoms with van der Waals surface area (Å²) >= 11 is 0. The number of amides is 1. The molecule has 3 N–H and O–H groups in total. The largest absolute Gasteiger partial charge is 0.355 e. The second kappa shape index (κ2) is 9.03. The molecular weight excluding hydrogens is 376 g/mol. The van der Waals surface area contributed by atoms with Crippen LogP contribution in [0.15, 0.2) is 47.4 Å². The van der Waals surface area contributed by atoms with E-state index in [-0.39, 0.29) is 23.9 Å². The molecule has 0 bridgehead atoms. The summed E-state index contributed by atoms with van der Waals surface area (Å²) in [6.45, 7) is 0.599. The van der Waals surface area contributed by atoms with E-state index in [1.54, 1.807) is 24.1 Å². The van der Waals surface area contributed by atoms with Gasteiger partial charge >= 0.3 is 0 Å². The maximum Gasteiger partial charge on any atom is 0.238 e. The standard InChI is InChI=1S/C18H21F2N3O3S/c1-23(11-14-4-5-15(19)10-17(14)20)12-18(24)22-9-8-13-2-6-16(7-3-13)27(21,25)26/h2-7,10H,8-9,11-12H2,1H3,(H,22,24)(H2,21,25,26). The first kappa shape index (κ1) is 20.9. The number of carbonyl (C=O) groups is 1. The van der Waals surface area contributed by atoms with Gasteiger partial charge < -0.3 is 5.32 Å². The molecule has 0 atom stereocenters. The van der Waals surface area contributed by atoms with Crippen LogP contribution in [-0.4, -0.2) is 39.4 Å². The molecule has 2 aromatic carbocycles. The maximum absolute atomic E-state index is 13.6. The average molecular weight is 397 g/mol. The Balaban J connectivity index is 1.77. The smallest absolute Gasteiger partial charge is 0.238 e. The lowest BCUT2D eigenvalue weighted by Gasteiger charge is -2.17. The second-order valence-electron chi connectivity index (χ2n) is 6.20. The Hall–Kier alpha value is -2.36. The van der Waals surface area contributed by atoms with Gasteiger partial charge in [-0.2, -0.15) is 0 Å². The van der Waals surface area contributed by atoms with Gasteiger partial charge in [-0.3, -0.25) is 9.69 Å². The topological polar surface area (TPSA) is 92.5 Å². The van der Waals surface area contributed by atoms with Crippen LogP contribution in [0.1, 0.15) is 11.1 Å². The third-order valence-electron chi connectivity index (χ3n) is 3.86. The fraction of sp³-hybridized carbons (Fsp3) is 0.278. The highest BCUT2D eigenvalue weighted by atomic mass is 32.2. The Labute approximate surface area is 157 Å². The number of primary sulfonamides is 1. The van der Waals surface area contributed by atoms with E-state index in [0.29, 0.717) is 18.5 Å². The lowest BCUT2D eigenvalue weighted by Crippen LogP contribution is -2.36. The molecule has 0 saturated heterocycles. The molecule has 0 spiro atoms. The summed E-state index contributed by atoms with van der Waals surface area (Å²) < 4.78 is 48.9. The Morgan fingerprint density at radius 3 is 2.41 bits per heavy atom. The fourth-order valence-corrected chi connectivity index (χ4v) is 3.01. The van der Waals surface area contributed by atoms with Gasteiger partial charge in [-0.25, -0.2) is 22.3 Å². The van der Waals surface area contributed by atoms with Crippen LogP contribution in [0.25, 0.3) is 0 Å². The number of nitrogens with zero attached hydrogens (tertiary/aromatic N) is 1. The number of nitrogens with two attached hydrogens (primary N) is 1. The van der Waals surface area contributed by atoms with Gasteiger partial charge in [0.1, 0.15) is 11.6 Å². The van der Waals surface area contributed by atoms with Gasteiger partial charge in [0.15, 0.2) is 0 Å². The van der Waals surface area contributed by atoms with E-state index in [9.17, 15) is 22.0 Å². The first-order valence-electron chi connectivity index (χ1n) is 8.16. The number of sulfonamides is 1. The van der Waals surface area contributed by atoms with Gasteiger partial charge in [-0.1, -0.05) is 18.2 Å². The van der Waals surface area contributed by atoms with Crippen LogP contribution in [0.5, 0.6) is 0 Å². The molecule has 1 amide bonds. The van der Waals surface area contributed by atoms with Gasteiger partial charge in [0.25, 0.3) is 0 Å². The Bertz CT molecular complexity index is 903. The highest BCUT2D eigenvalue weighted by molar-refractivity contribution is 7.89. The van der Waals surface area contributed by atoms with Crippen LogP contribution in [0.2, 0.25) is 0 Å². The van der Waals surface area contributed by atoms with E-state index < -0.39 is 21.7 Å². The molecule has 27 heavy (non-hydrogen) atoms. The minimum Gasteiger partial charge on any atom is -0.355 e. The van der Waals surface area contributed by atoms with E-state index in [1.807, 2.05) is 0 Å². The molecule has 0 fully saturated rings. The van der Waals surface area contributed by atoms with E-state index in [4.69, 9.17) is 5.14 Å². The van der Waals surface area contributed by atoms with E-state index in [0.717, 1.165) is 11.6 Å². The zero-order chi connectivity index (χ0) is 20.0. The van der Waals surface area contributed by atoms with E-state index >= 15 is 0 Å². The lowest BCUT2D eigenvalue weighted by molar-refractivity contribution is -0.122. The molecule has 0 unspecified atom stereocenters. The number of nitrogens with one attached hydrogen (secondary N) is 1. The molecule has 0 aliphatic rings. The van der Waals surface area contributed by atoms with Crippen molar-refractivity contribution in [1.82, 2.24) is 10.2 Å². The summed E-state index contributed by atoms with van der Waals surface area (Å²) in [6, 6.07) is 9.43. The van der Waals surface area contributed by atoms with Crippen LogP contribution in [0.3, 0.4) is 0 Å². The molecule has 2 aromatic rings. The molecule has 0 aromatic heterocycles. The molecule has 9 heteroatoms. The molecule has 6 nitrogen and oxygen atoms in total. The van der Waals surface area contributed by atoms with Crippen molar-refractivity contribution in [2.24, 2.45) is 5.14 Å².